The number of anilines is 1. The number of nitrogens with zero attached hydrogens (tertiary/aromatic N) is 1. The summed E-state index contributed by atoms with van der Waals surface area (Å²) < 4.78 is 0. The molecular formula is C21H22N2OS2. The zero-order chi connectivity index (χ0) is 18.4. The van der Waals surface area contributed by atoms with E-state index in [4.69, 9.17) is 0 Å². The number of hydrogen-bond acceptors (Lipinski definition) is 4. The van der Waals surface area contributed by atoms with Gasteiger partial charge in [-0.15, -0.1) is 11.3 Å². The summed E-state index contributed by atoms with van der Waals surface area (Å²) in [4.78, 5) is 16.8. The highest BCUT2D eigenvalue weighted by Crippen LogP contribution is 2.21. The van der Waals surface area contributed by atoms with Gasteiger partial charge in [-0.1, -0.05) is 42.0 Å². The van der Waals surface area contributed by atoms with Gasteiger partial charge in [0, 0.05) is 22.6 Å². The first kappa shape index (κ1) is 18.7. The highest BCUT2D eigenvalue weighted by Gasteiger charge is 2.09. The number of thiazole rings is 1. The number of aromatic nitrogens is 1. The Morgan fingerprint density at radius 1 is 1.08 bits per heavy atom. The van der Waals surface area contributed by atoms with Crippen molar-refractivity contribution < 1.29 is 4.79 Å². The van der Waals surface area contributed by atoms with Gasteiger partial charge in [0.2, 0.25) is 5.91 Å². The van der Waals surface area contributed by atoms with Gasteiger partial charge in [-0.25, -0.2) is 4.98 Å². The molecule has 0 bridgehead atoms. The number of thioether (sulfide) groups is 1. The largest absolute Gasteiger partial charge is 0.326 e. The van der Waals surface area contributed by atoms with Crippen LogP contribution in [0.15, 0.2) is 53.9 Å². The molecule has 3 rings (SSSR count). The summed E-state index contributed by atoms with van der Waals surface area (Å²) in [5.41, 5.74) is 5.74. The van der Waals surface area contributed by atoms with Crippen LogP contribution >= 0.6 is 23.1 Å². The Hall–Kier alpha value is -2.11. The van der Waals surface area contributed by atoms with Gasteiger partial charge in [0.05, 0.1) is 12.1 Å². The minimum atomic E-state index is -0.0256. The third-order valence-corrected chi connectivity index (χ3v) is 5.93. The number of nitrogens with one attached hydrogen (secondary N) is 1. The van der Waals surface area contributed by atoms with Crippen molar-refractivity contribution in [1.82, 2.24) is 4.98 Å². The van der Waals surface area contributed by atoms with Gasteiger partial charge in [0.15, 0.2) is 0 Å². The van der Waals surface area contributed by atoms with Crippen molar-refractivity contribution in [3.05, 3.63) is 81.3 Å². The van der Waals surface area contributed by atoms with E-state index in [1.807, 2.05) is 43.0 Å². The van der Waals surface area contributed by atoms with Crippen molar-refractivity contribution in [1.29, 1.82) is 0 Å². The first-order chi connectivity index (χ1) is 12.6. The summed E-state index contributed by atoms with van der Waals surface area (Å²) in [6, 6.07) is 16.3. The quantitative estimate of drug-likeness (QED) is 0.597. The second kappa shape index (κ2) is 9.01. The van der Waals surface area contributed by atoms with Crippen LogP contribution in [0.5, 0.6) is 0 Å². The molecule has 0 aliphatic rings. The smallest absolute Gasteiger partial charge is 0.231 e. The van der Waals surface area contributed by atoms with E-state index in [0.29, 0.717) is 6.42 Å². The minimum absolute atomic E-state index is 0.0256. The minimum Gasteiger partial charge on any atom is -0.326 e. The zero-order valence-corrected chi connectivity index (χ0v) is 16.6. The Morgan fingerprint density at radius 2 is 1.85 bits per heavy atom. The summed E-state index contributed by atoms with van der Waals surface area (Å²) >= 11 is 3.41. The lowest BCUT2D eigenvalue weighted by molar-refractivity contribution is -0.115. The second-order valence-electron chi connectivity index (χ2n) is 6.24. The lowest BCUT2D eigenvalue weighted by Gasteiger charge is -2.04. The van der Waals surface area contributed by atoms with Crippen LogP contribution in [0.1, 0.15) is 27.4 Å². The Balaban J connectivity index is 1.47. The average Bonchev–Trinajstić information content (AvgIpc) is 3.06. The monoisotopic (exact) mass is 382 g/mol. The maximum Gasteiger partial charge on any atom is 0.231 e. The molecule has 3 aromatic rings. The van der Waals surface area contributed by atoms with Crippen molar-refractivity contribution in [2.45, 2.75) is 31.8 Å². The number of aryl methyl sites for hydroxylation is 2. The Labute approximate surface area is 162 Å². The van der Waals surface area contributed by atoms with Crippen LogP contribution in [0, 0.1) is 13.8 Å². The van der Waals surface area contributed by atoms with Crippen LogP contribution < -0.4 is 5.32 Å². The van der Waals surface area contributed by atoms with Crippen LogP contribution in [0.2, 0.25) is 0 Å². The number of hydrogen-bond donors (Lipinski definition) is 1. The second-order valence-corrected chi connectivity index (χ2v) is 8.17. The van der Waals surface area contributed by atoms with Gasteiger partial charge in [-0.05, 0) is 37.1 Å². The normalized spacial score (nSPS) is 10.7. The number of carbonyl (C=O) groups is 1. The SMILES string of the molecule is Cc1ccc(NC(=O)Cc2nc(CSCc3ccccc3C)cs2)cc1. The molecule has 0 unspecified atom stereocenters. The maximum absolute atomic E-state index is 12.2. The molecule has 0 aliphatic heterocycles. The van der Waals surface area contributed by atoms with Gasteiger partial charge < -0.3 is 5.32 Å². The number of rotatable bonds is 7. The molecule has 0 aliphatic carbocycles. The van der Waals surface area contributed by atoms with Crippen LogP contribution in [-0.4, -0.2) is 10.9 Å². The molecule has 26 heavy (non-hydrogen) atoms. The molecule has 5 heteroatoms. The molecule has 0 saturated heterocycles. The van der Waals surface area contributed by atoms with E-state index in [1.165, 1.54) is 16.7 Å². The lowest BCUT2D eigenvalue weighted by atomic mass is 10.1. The number of carbonyl (C=O) groups excluding carboxylic acids is 1. The Bertz CT molecular complexity index is 872. The van der Waals surface area contributed by atoms with Crippen LogP contribution in [0.3, 0.4) is 0 Å². The van der Waals surface area contributed by atoms with Crippen LogP contribution in [0.25, 0.3) is 0 Å². The van der Waals surface area contributed by atoms with Crippen LogP contribution in [0.4, 0.5) is 5.69 Å². The Morgan fingerprint density at radius 3 is 2.62 bits per heavy atom. The summed E-state index contributed by atoms with van der Waals surface area (Å²) in [6.07, 6.45) is 0.320. The molecule has 1 amide bonds. The van der Waals surface area contributed by atoms with E-state index >= 15 is 0 Å². The van der Waals surface area contributed by atoms with Crippen molar-refractivity contribution in [2.75, 3.05) is 5.32 Å². The van der Waals surface area contributed by atoms with Crippen molar-refractivity contribution in [3.8, 4) is 0 Å². The highest BCUT2D eigenvalue weighted by atomic mass is 32.2. The molecule has 3 nitrogen and oxygen atoms in total. The topological polar surface area (TPSA) is 42.0 Å². The van der Waals surface area contributed by atoms with Crippen LogP contribution in [-0.2, 0) is 22.7 Å². The van der Waals surface area contributed by atoms with E-state index < -0.39 is 0 Å². The molecule has 0 saturated carbocycles. The molecular weight excluding hydrogens is 360 g/mol. The highest BCUT2D eigenvalue weighted by molar-refractivity contribution is 7.97. The average molecular weight is 383 g/mol. The van der Waals surface area contributed by atoms with Gasteiger partial charge in [-0.2, -0.15) is 11.8 Å². The summed E-state index contributed by atoms with van der Waals surface area (Å²) in [7, 11) is 0. The van der Waals surface area contributed by atoms with Gasteiger partial charge in [0.25, 0.3) is 0 Å². The van der Waals surface area contributed by atoms with E-state index in [9.17, 15) is 4.79 Å². The molecule has 0 fully saturated rings. The number of amides is 1. The summed E-state index contributed by atoms with van der Waals surface area (Å²) in [6.45, 7) is 4.17. The molecule has 2 aromatic carbocycles. The molecule has 0 radical (unpaired) electrons. The fourth-order valence-corrected chi connectivity index (χ4v) is 4.41. The maximum atomic E-state index is 12.2. The third-order valence-electron chi connectivity index (χ3n) is 4.02. The van der Waals surface area contributed by atoms with Gasteiger partial charge in [0.1, 0.15) is 5.01 Å². The van der Waals surface area contributed by atoms with Gasteiger partial charge >= 0.3 is 0 Å². The predicted octanol–water partition coefficient (Wildman–Crippen LogP) is 5.37. The molecule has 1 aromatic heterocycles. The summed E-state index contributed by atoms with van der Waals surface area (Å²) in [5.74, 6) is 1.82. The molecule has 1 N–H and O–H groups in total. The first-order valence-electron chi connectivity index (χ1n) is 8.52. The zero-order valence-electron chi connectivity index (χ0n) is 15.0. The lowest BCUT2D eigenvalue weighted by Crippen LogP contribution is -2.14. The third kappa shape index (κ3) is 5.44. The van der Waals surface area contributed by atoms with Crippen molar-refractivity contribution >= 4 is 34.7 Å². The number of benzene rings is 2. The van der Waals surface area contributed by atoms with E-state index in [1.54, 1.807) is 11.3 Å². The molecule has 134 valence electrons. The van der Waals surface area contributed by atoms with Crippen molar-refractivity contribution in [2.24, 2.45) is 0 Å². The standard InChI is InChI=1S/C21H22N2OS2/c1-15-7-9-18(10-8-15)22-20(24)11-21-23-19(14-26-21)13-25-12-17-6-4-3-5-16(17)2/h3-10,14H,11-13H2,1-2H3,(H,22,24). The fourth-order valence-electron chi connectivity index (χ4n) is 2.51. The van der Waals surface area contributed by atoms with Crippen molar-refractivity contribution in [3.63, 3.8) is 0 Å². The molecule has 0 atom stereocenters. The summed E-state index contributed by atoms with van der Waals surface area (Å²) in [5, 5.41) is 5.84. The molecule has 1 heterocycles. The van der Waals surface area contributed by atoms with Gasteiger partial charge in [-0.3, -0.25) is 4.79 Å². The fraction of sp³-hybridized carbons (Fsp3) is 0.238. The van der Waals surface area contributed by atoms with E-state index in [-0.39, 0.29) is 5.91 Å². The van der Waals surface area contributed by atoms with E-state index in [2.05, 4.69) is 46.9 Å². The predicted molar refractivity (Wildman–Crippen MR) is 112 cm³/mol. The Kier molecular flexibility index (Phi) is 6.47. The first-order valence-corrected chi connectivity index (χ1v) is 10.6. The molecule has 0 spiro atoms. The van der Waals surface area contributed by atoms with E-state index in [0.717, 1.165) is 27.9 Å².